The molecule has 0 radical (unpaired) electrons. The average molecular weight is 225 g/mol. The van der Waals surface area contributed by atoms with E-state index in [0.29, 0.717) is 5.33 Å². The topological polar surface area (TPSA) is 0 Å². The van der Waals surface area contributed by atoms with Crippen LogP contribution in [0, 0.1) is 0 Å². The van der Waals surface area contributed by atoms with Gasteiger partial charge < -0.3 is 0 Å². The minimum absolute atomic E-state index is 0.169. The van der Waals surface area contributed by atoms with Gasteiger partial charge >= 0.3 is 0 Å². The lowest BCUT2D eigenvalue weighted by Crippen LogP contribution is -2.02. The molecule has 0 N–H and O–H groups in total. The third kappa shape index (κ3) is 2.10. The first-order valence-corrected chi connectivity index (χ1v) is 4.55. The Morgan fingerprint density at radius 3 is 3.00 bits per heavy atom. The van der Waals surface area contributed by atoms with Gasteiger partial charge in [-0.1, -0.05) is 21.5 Å². The molecule has 3 heteroatoms. The SMILES string of the molecule is FC1=CC(Cl)CC(CBr)=C1. The third-order valence-corrected chi connectivity index (χ3v) is 2.31. The van der Waals surface area contributed by atoms with E-state index in [9.17, 15) is 4.39 Å². The van der Waals surface area contributed by atoms with Crippen LogP contribution in [-0.2, 0) is 0 Å². The van der Waals surface area contributed by atoms with Gasteiger partial charge in [0.15, 0.2) is 0 Å². The first-order valence-electron chi connectivity index (χ1n) is 2.99. The van der Waals surface area contributed by atoms with Gasteiger partial charge in [-0.05, 0) is 18.6 Å². The Morgan fingerprint density at radius 2 is 2.50 bits per heavy atom. The van der Waals surface area contributed by atoms with Crippen molar-refractivity contribution in [3.8, 4) is 0 Å². The number of hydrogen-bond donors (Lipinski definition) is 0. The molecule has 0 aromatic heterocycles. The number of hydrogen-bond acceptors (Lipinski definition) is 0. The van der Waals surface area contributed by atoms with Crippen LogP contribution in [0.2, 0.25) is 0 Å². The molecule has 0 fully saturated rings. The van der Waals surface area contributed by atoms with Crippen molar-refractivity contribution in [3.63, 3.8) is 0 Å². The molecule has 10 heavy (non-hydrogen) atoms. The van der Waals surface area contributed by atoms with E-state index >= 15 is 0 Å². The average Bonchev–Trinajstić information content (AvgIpc) is 1.85. The number of alkyl halides is 2. The second-order valence-electron chi connectivity index (χ2n) is 2.21. The van der Waals surface area contributed by atoms with Gasteiger partial charge in [-0.15, -0.1) is 11.6 Å². The molecule has 1 aliphatic rings. The van der Waals surface area contributed by atoms with Crippen LogP contribution in [0.25, 0.3) is 0 Å². The number of rotatable bonds is 1. The van der Waals surface area contributed by atoms with E-state index in [0.717, 1.165) is 12.0 Å². The van der Waals surface area contributed by atoms with Crippen molar-refractivity contribution in [3.05, 3.63) is 23.6 Å². The van der Waals surface area contributed by atoms with Gasteiger partial charge in [0.1, 0.15) is 5.83 Å². The maximum absolute atomic E-state index is 12.6. The first kappa shape index (κ1) is 8.28. The molecule has 0 nitrogen and oxygen atoms in total. The molecule has 0 spiro atoms. The predicted molar refractivity (Wildman–Crippen MR) is 45.3 cm³/mol. The highest BCUT2D eigenvalue weighted by Gasteiger charge is 2.11. The normalized spacial score (nSPS) is 25.7. The van der Waals surface area contributed by atoms with Gasteiger partial charge in [0.2, 0.25) is 0 Å². The zero-order valence-electron chi connectivity index (χ0n) is 5.28. The molecule has 0 saturated carbocycles. The summed E-state index contributed by atoms with van der Waals surface area (Å²) in [6.07, 6.45) is 3.70. The number of halogens is 3. The van der Waals surface area contributed by atoms with Crippen LogP contribution in [0.5, 0.6) is 0 Å². The van der Waals surface area contributed by atoms with Crippen molar-refractivity contribution < 1.29 is 4.39 Å². The fourth-order valence-electron chi connectivity index (χ4n) is 0.877. The third-order valence-electron chi connectivity index (χ3n) is 1.31. The van der Waals surface area contributed by atoms with Crippen molar-refractivity contribution in [2.24, 2.45) is 0 Å². The Bertz CT molecular complexity index is 186. The van der Waals surface area contributed by atoms with E-state index in [4.69, 9.17) is 11.6 Å². The highest BCUT2D eigenvalue weighted by Crippen LogP contribution is 2.23. The summed E-state index contributed by atoms with van der Waals surface area (Å²) in [6.45, 7) is 0. The molecule has 1 rings (SSSR count). The highest BCUT2D eigenvalue weighted by molar-refractivity contribution is 9.09. The Morgan fingerprint density at radius 1 is 1.80 bits per heavy atom. The van der Waals surface area contributed by atoms with E-state index < -0.39 is 0 Å². The van der Waals surface area contributed by atoms with Crippen molar-refractivity contribution in [1.29, 1.82) is 0 Å². The molecule has 0 amide bonds. The van der Waals surface area contributed by atoms with Gasteiger partial charge in [0, 0.05) is 5.33 Å². The molecule has 0 aromatic carbocycles. The van der Waals surface area contributed by atoms with Crippen LogP contribution < -0.4 is 0 Å². The summed E-state index contributed by atoms with van der Waals surface area (Å²) in [5.41, 5.74) is 1.01. The van der Waals surface area contributed by atoms with E-state index in [2.05, 4.69) is 15.9 Å². The Hall–Kier alpha value is 0.180. The maximum atomic E-state index is 12.6. The molecule has 0 heterocycles. The van der Waals surface area contributed by atoms with Crippen LogP contribution in [0.15, 0.2) is 23.6 Å². The van der Waals surface area contributed by atoms with Crippen LogP contribution in [-0.4, -0.2) is 10.7 Å². The van der Waals surface area contributed by atoms with E-state index in [1.807, 2.05) is 0 Å². The lowest BCUT2D eigenvalue weighted by Gasteiger charge is -2.11. The van der Waals surface area contributed by atoms with Crippen molar-refractivity contribution in [2.45, 2.75) is 11.8 Å². The summed E-state index contributed by atoms with van der Waals surface area (Å²) in [5.74, 6) is -0.222. The minimum Gasteiger partial charge on any atom is -0.207 e. The Labute approximate surface area is 72.9 Å². The summed E-state index contributed by atoms with van der Waals surface area (Å²) < 4.78 is 12.6. The summed E-state index contributed by atoms with van der Waals surface area (Å²) in [7, 11) is 0. The zero-order chi connectivity index (χ0) is 7.56. The van der Waals surface area contributed by atoms with Crippen molar-refractivity contribution in [1.82, 2.24) is 0 Å². The van der Waals surface area contributed by atoms with E-state index in [1.165, 1.54) is 12.2 Å². The molecule has 0 aromatic rings. The zero-order valence-corrected chi connectivity index (χ0v) is 7.62. The fourth-order valence-corrected chi connectivity index (χ4v) is 1.59. The highest BCUT2D eigenvalue weighted by atomic mass is 79.9. The van der Waals surface area contributed by atoms with E-state index in [1.54, 1.807) is 0 Å². The standard InChI is InChI=1S/C7H7BrClF/c8-4-5-1-6(9)3-7(10)2-5/h2-3,6H,1,4H2. The van der Waals surface area contributed by atoms with Gasteiger partial charge in [-0.25, -0.2) is 4.39 Å². The monoisotopic (exact) mass is 224 g/mol. The van der Waals surface area contributed by atoms with Crippen molar-refractivity contribution in [2.75, 3.05) is 5.33 Å². The Kier molecular flexibility index (Phi) is 2.93. The van der Waals surface area contributed by atoms with Gasteiger partial charge in [-0.3, -0.25) is 0 Å². The first-order chi connectivity index (χ1) is 4.72. The molecule has 56 valence electrons. The fraction of sp³-hybridized carbons (Fsp3) is 0.429. The molecular formula is C7H7BrClF. The smallest absolute Gasteiger partial charge is 0.120 e. The largest absolute Gasteiger partial charge is 0.207 e. The molecule has 1 atom stereocenters. The minimum atomic E-state index is -0.222. The summed E-state index contributed by atoms with van der Waals surface area (Å²) in [6, 6.07) is 0. The van der Waals surface area contributed by atoms with Crippen molar-refractivity contribution >= 4 is 27.5 Å². The quantitative estimate of drug-likeness (QED) is 0.601. The summed E-state index contributed by atoms with van der Waals surface area (Å²) >= 11 is 8.95. The van der Waals surface area contributed by atoms with Crippen LogP contribution in [0.1, 0.15) is 6.42 Å². The van der Waals surface area contributed by atoms with E-state index in [-0.39, 0.29) is 11.2 Å². The molecule has 1 aliphatic carbocycles. The maximum Gasteiger partial charge on any atom is 0.120 e. The van der Waals surface area contributed by atoms with Gasteiger partial charge in [0.05, 0.1) is 5.38 Å². The second-order valence-corrected chi connectivity index (χ2v) is 3.33. The second kappa shape index (κ2) is 3.54. The number of allylic oxidation sites excluding steroid dienone is 4. The molecule has 0 saturated heterocycles. The van der Waals surface area contributed by atoms with Gasteiger partial charge in [-0.2, -0.15) is 0 Å². The van der Waals surface area contributed by atoms with Crippen LogP contribution in [0.4, 0.5) is 4.39 Å². The van der Waals surface area contributed by atoms with Crippen LogP contribution >= 0.6 is 27.5 Å². The molecule has 0 aliphatic heterocycles. The lowest BCUT2D eigenvalue weighted by atomic mass is 10.1. The molecular weight excluding hydrogens is 218 g/mol. The summed E-state index contributed by atoms with van der Waals surface area (Å²) in [5, 5.41) is 0.537. The van der Waals surface area contributed by atoms with Crippen LogP contribution in [0.3, 0.4) is 0 Å². The molecule has 0 bridgehead atoms. The predicted octanol–water partition coefficient (Wildman–Crippen LogP) is 3.17. The lowest BCUT2D eigenvalue weighted by molar-refractivity contribution is 0.649. The summed E-state index contributed by atoms with van der Waals surface area (Å²) in [4.78, 5) is 0. The van der Waals surface area contributed by atoms with Gasteiger partial charge in [0.25, 0.3) is 0 Å². The Balaban J connectivity index is 2.70. The molecule has 1 unspecified atom stereocenters.